The SMILES string of the molecule is C[C@@H](NC(=O)c1csc(-c2ccc(Cl)cc2)n1)c1ccc(-n2cncn2)cc1. The topological polar surface area (TPSA) is 72.7 Å². The van der Waals surface area contributed by atoms with Crippen LogP contribution in [0.1, 0.15) is 29.0 Å². The lowest BCUT2D eigenvalue weighted by Crippen LogP contribution is -2.26. The molecular formula is C20H16ClN5OS. The molecule has 28 heavy (non-hydrogen) atoms. The van der Waals surface area contributed by atoms with E-state index in [1.807, 2.05) is 55.5 Å². The largest absolute Gasteiger partial charge is 0.344 e. The lowest BCUT2D eigenvalue weighted by Gasteiger charge is -2.14. The fraction of sp³-hybridized carbons (Fsp3) is 0.100. The Kier molecular flexibility index (Phi) is 5.18. The molecule has 0 aliphatic rings. The number of thiazole rings is 1. The summed E-state index contributed by atoms with van der Waals surface area (Å²) in [5, 5.41) is 10.3. The third-order valence-electron chi connectivity index (χ3n) is 4.25. The summed E-state index contributed by atoms with van der Waals surface area (Å²) in [5.41, 5.74) is 3.24. The molecule has 1 atom stereocenters. The van der Waals surface area contributed by atoms with E-state index >= 15 is 0 Å². The first-order valence-electron chi connectivity index (χ1n) is 8.57. The van der Waals surface area contributed by atoms with Crippen LogP contribution in [0.15, 0.2) is 66.6 Å². The number of carbonyl (C=O) groups is 1. The first-order chi connectivity index (χ1) is 13.6. The van der Waals surface area contributed by atoms with Crippen molar-refractivity contribution in [3.63, 3.8) is 0 Å². The number of rotatable bonds is 5. The van der Waals surface area contributed by atoms with Crippen LogP contribution in [-0.2, 0) is 0 Å². The summed E-state index contributed by atoms with van der Waals surface area (Å²) >= 11 is 7.35. The number of nitrogens with zero attached hydrogens (tertiary/aromatic N) is 4. The highest BCUT2D eigenvalue weighted by Gasteiger charge is 2.15. The zero-order valence-corrected chi connectivity index (χ0v) is 16.5. The number of halogens is 1. The molecule has 4 rings (SSSR count). The maximum Gasteiger partial charge on any atom is 0.271 e. The smallest absolute Gasteiger partial charge is 0.271 e. The lowest BCUT2D eigenvalue weighted by atomic mass is 10.1. The molecule has 0 bridgehead atoms. The van der Waals surface area contributed by atoms with Crippen molar-refractivity contribution in [1.82, 2.24) is 25.1 Å². The van der Waals surface area contributed by atoms with Gasteiger partial charge in [0.05, 0.1) is 11.7 Å². The molecular weight excluding hydrogens is 394 g/mol. The molecule has 0 aliphatic carbocycles. The van der Waals surface area contributed by atoms with E-state index in [1.54, 1.807) is 16.4 Å². The summed E-state index contributed by atoms with van der Waals surface area (Å²) in [6, 6.07) is 15.0. The van der Waals surface area contributed by atoms with Crippen LogP contribution in [0.4, 0.5) is 0 Å². The molecule has 2 aromatic heterocycles. The molecule has 1 amide bonds. The van der Waals surface area contributed by atoms with Crippen LogP contribution in [-0.4, -0.2) is 25.7 Å². The highest BCUT2D eigenvalue weighted by atomic mass is 35.5. The second-order valence-corrected chi connectivity index (χ2v) is 7.47. The summed E-state index contributed by atoms with van der Waals surface area (Å²) < 4.78 is 1.68. The average molecular weight is 410 g/mol. The van der Waals surface area contributed by atoms with Gasteiger partial charge in [-0.1, -0.05) is 35.9 Å². The van der Waals surface area contributed by atoms with Crippen LogP contribution in [0.25, 0.3) is 16.3 Å². The van der Waals surface area contributed by atoms with Crippen LogP contribution >= 0.6 is 22.9 Å². The number of benzene rings is 2. The van der Waals surface area contributed by atoms with Crippen LogP contribution in [0.2, 0.25) is 5.02 Å². The Morgan fingerprint density at radius 2 is 1.89 bits per heavy atom. The van der Waals surface area contributed by atoms with E-state index in [4.69, 9.17) is 11.6 Å². The Morgan fingerprint density at radius 1 is 1.14 bits per heavy atom. The van der Waals surface area contributed by atoms with Gasteiger partial charge in [0, 0.05) is 16.0 Å². The molecule has 0 saturated carbocycles. The van der Waals surface area contributed by atoms with E-state index in [2.05, 4.69) is 20.4 Å². The van der Waals surface area contributed by atoms with Crippen molar-refractivity contribution < 1.29 is 4.79 Å². The first kappa shape index (κ1) is 18.3. The Labute approximate surface area is 170 Å². The van der Waals surface area contributed by atoms with E-state index in [0.717, 1.165) is 21.8 Å². The Hall–Kier alpha value is -3.03. The van der Waals surface area contributed by atoms with E-state index in [-0.39, 0.29) is 11.9 Å². The van der Waals surface area contributed by atoms with Crippen LogP contribution in [0.5, 0.6) is 0 Å². The molecule has 2 heterocycles. The predicted molar refractivity (Wildman–Crippen MR) is 110 cm³/mol. The van der Waals surface area contributed by atoms with Gasteiger partial charge in [-0.15, -0.1) is 11.3 Å². The maximum atomic E-state index is 12.6. The van der Waals surface area contributed by atoms with Crippen molar-refractivity contribution >= 4 is 28.8 Å². The van der Waals surface area contributed by atoms with E-state index in [1.165, 1.54) is 17.7 Å². The van der Waals surface area contributed by atoms with Gasteiger partial charge in [-0.2, -0.15) is 5.10 Å². The van der Waals surface area contributed by atoms with Crippen molar-refractivity contribution in [2.24, 2.45) is 0 Å². The standard InChI is InChI=1S/C20H16ClN5OS/c1-13(14-4-8-17(9-5-14)26-12-22-11-23-26)24-19(27)18-10-28-20(25-18)15-2-6-16(21)7-3-15/h2-13H,1H3,(H,24,27)/t13-/m1/s1. The number of carbonyl (C=O) groups excluding carboxylic acids is 1. The highest BCUT2D eigenvalue weighted by Crippen LogP contribution is 2.25. The summed E-state index contributed by atoms with van der Waals surface area (Å²) in [7, 11) is 0. The normalized spacial score (nSPS) is 11.9. The van der Waals surface area contributed by atoms with Crippen molar-refractivity contribution in [3.05, 3.63) is 82.8 Å². The second-order valence-electron chi connectivity index (χ2n) is 6.17. The fourth-order valence-electron chi connectivity index (χ4n) is 2.71. The van der Waals surface area contributed by atoms with Crippen LogP contribution < -0.4 is 5.32 Å². The summed E-state index contributed by atoms with van der Waals surface area (Å²) in [5.74, 6) is -0.204. The van der Waals surface area contributed by atoms with Gasteiger partial charge in [0.15, 0.2) is 0 Å². The average Bonchev–Trinajstić information content (AvgIpc) is 3.41. The predicted octanol–water partition coefficient (Wildman–Crippen LogP) is 4.54. The number of amides is 1. The fourth-order valence-corrected chi connectivity index (χ4v) is 3.65. The second kappa shape index (κ2) is 7.92. The third-order valence-corrected chi connectivity index (χ3v) is 5.40. The van der Waals surface area contributed by atoms with E-state index in [0.29, 0.717) is 10.7 Å². The molecule has 2 aromatic carbocycles. The minimum atomic E-state index is -0.204. The number of hydrogen-bond donors (Lipinski definition) is 1. The first-order valence-corrected chi connectivity index (χ1v) is 9.83. The van der Waals surface area contributed by atoms with Gasteiger partial charge in [-0.05, 0) is 36.8 Å². The van der Waals surface area contributed by atoms with Gasteiger partial charge < -0.3 is 5.32 Å². The van der Waals surface area contributed by atoms with Gasteiger partial charge in [0.1, 0.15) is 23.4 Å². The molecule has 0 aliphatic heterocycles. The van der Waals surface area contributed by atoms with Crippen molar-refractivity contribution in [2.45, 2.75) is 13.0 Å². The molecule has 0 unspecified atom stereocenters. The van der Waals surface area contributed by atoms with E-state index < -0.39 is 0 Å². The van der Waals surface area contributed by atoms with Gasteiger partial charge >= 0.3 is 0 Å². The maximum absolute atomic E-state index is 12.6. The third kappa shape index (κ3) is 3.95. The Morgan fingerprint density at radius 3 is 2.57 bits per heavy atom. The van der Waals surface area contributed by atoms with Gasteiger partial charge in [0.25, 0.3) is 5.91 Å². The molecule has 0 fully saturated rings. The Balaban J connectivity index is 1.44. The summed E-state index contributed by atoms with van der Waals surface area (Å²) in [4.78, 5) is 21.0. The molecule has 6 nitrogen and oxygen atoms in total. The van der Waals surface area contributed by atoms with Gasteiger partial charge in [-0.25, -0.2) is 14.6 Å². The minimum Gasteiger partial charge on any atom is -0.344 e. The molecule has 0 radical (unpaired) electrons. The van der Waals surface area contributed by atoms with Crippen LogP contribution in [0.3, 0.4) is 0 Å². The van der Waals surface area contributed by atoms with E-state index in [9.17, 15) is 4.79 Å². The van der Waals surface area contributed by atoms with Crippen molar-refractivity contribution in [1.29, 1.82) is 0 Å². The zero-order valence-electron chi connectivity index (χ0n) is 14.9. The van der Waals surface area contributed by atoms with Crippen molar-refractivity contribution in [3.8, 4) is 16.3 Å². The Bertz CT molecular complexity index is 1070. The van der Waals surface area contributed by atoms with Gasteiger partial charge in [0.2, 0.25) is 0 Å². The molecule has 140 valence electrons. The quantitative estimate of drug-likeness (QED) is 0.525. The minimum absolute atomic E-state index is 0.155. The summed E-state index contributed by atoms with van der Waals surface area (Å²) in [6.07, 6.45) is 3.13. The number of aromatic nitrogens is 4. The molecule has 0 saturated heterocycles. The summed E-state index contributed by atoms with van der Waals surface area (Å²) in [6.45, 7) is 1.94. The number of hydrogen-bond acceptors (Lipinski definition) is 5. The molecule has 1 N–H and O–H groups in total. The molecule has 4 aromatic rings. The van der Waals surface area contributed by atoms with Crippen molar-refractivity contribution in [2.75, 3.05) is 0 Å². The highest BCUT2D eigenvalue weighted by molar-refractivity contribution is 7.13. The molecule has 8 heteroatoms. The zero-order chi connectivity index (χ0) is 19.5. The molecule has 0 spiro atoms. The van der Waals surface area contributed by atoms with Crippen LogP contribution in [0, 0.1) is 0 Å². The number of nitrogens with one attached hydrogen (secondary N) is 1. The van der Waals surface area contributed by atoms with Gasteiger partial charge in [-0.3, -0.25) is 4.79 Å². The lowest BCUT2D eigenvalue weighted by molar-refractivity contribution is 0.0935. The monoisotopic (exact) mass is 409 g/mol.